The Balaban J connectivity index is 1.14. The Morgan fingerprint density at radius 2 is 1.50 bits per heavy atom. The second-order valence-electron chi connectivity index (χ2n) is 11.5. The Labute approximate surface area is 233 Å². The van der Waals surface area contributed by atoms with Crippen molar-refractivity contribution in [3.63, 3.8) is 0 Å². The van der Waals surface area contributed by atoms with E-state index in [9.17, 15) is 4.79 Å². The number of carbonyl (C=O) groups is 1. The molecule has 1 N–H and O–H groups in total. The van der Waals surface area contributed by atoms with Crippen LogP contribution in [0.4, 0.5) is 4.79 Å². The topological polar surface area (TPSA) is 122 Å². The van der Waals surface area contributed by atoms with Gasteiger partial charge in [-0.2, -0.15) is 4.98 Å². The van der Waals surface area contributed by atoms with E-state index in [2.05, 4.69) is 46.5 Å². The monoisotopic (exact) mass is 546 g/mol. The highest BCUT2D eigenvalue weighted by Gasteiger charge is 2.34. The maximum absolute atomic E-state index is 11.9. The summed E-state index contributed by atoms with van der Waals surface area (Å²) in [7, 11) is 0. The van der Waals surface area contributed by atoms with Crippen LogP contribution in [0.15, 0.2) is 63.6 Å². The first-order valence-corrected chi connectivity index (χ1v) is 13.3. The number of amides is 1. The lowest BCUT2D eigenvalue weighted by Gasteiger charge is -2.35. The van der Waals surface area contributed by atoms with Gasteiger partial charge in [-0.15, -0.1) is 10.2 Å². The number of nitrogens with one attached hydrogen (secondary N) is 1. The van der Waals surface area contributed by atoms with Crippen molar-refractivity contribution >= 4 is 6.09 Å². The van der Waals surface area contributed by atoms with Gasteiger partial charge in [-0.25, -0.2) is 4.79 Å². The molecular weight excluding hydrogens is 512 g/mol. The molecule has 2 heterocycles. The SMILES string of the molecule is Cc1nnc(-c2cnc(Oc3ccc(C(C)(C)c4ccc(OC5CC(OC(=O)NC(C)(C)C)C5)cc4)cc3)o2)o1. The largest absolute Gasteiger partial charge is 0.490 e. The molecule has 1 aliphatic carbocycles. The predicted molar refractivity (Wildman–Crippen MR) is 146 cm³/mol. The van der Waals surface area contributed by atoms with Crippen molar-refractivity contribution in [2.45, 2.75) is 77.5 Å². The second kappa shape index (κ2) is 10.7. The Hall–Kier alpha value is -4.34. The zero-order valence-electron chi connectivity index (χ0n) is 23.6. The molecular formula is C30H34N4O6. The van der Waals surface area contributed by atoms with Gasteiger partial charge in [0.1, 0.15) is 23.7 Å². The molecule has 0 radical (unpaired) electrons. The van der Waals surface area contributed by atoms with Crippen molar-refractivity contribution in [1.82, 2.24) is 20.5 Å². The van der Waals surface area contributed by atoms with Crippen LogP contribution in [-0.2, 0) is 10.2 Å². The lowest BCUT2D eigenvalue weighted by atomic mass is 9.78. The van der Waals surface area contributed by atoms with Crippen LogP contribution in [-0.4, -0.2) is 39.0 Å². The van der Waals surface area contributed by atoms with E-state index in [1.165, 1.54) is 6.20 Å². The van der Waals surface area contributed by atoms with Gasteiger partial charge in [0.2, 0.25) is 11.7 Å². The van der Waals surface area contributed by atoms with Crippen molar-refractivity contribution in [3.05, 3.63) is 71.7 Å². The Morgan fingerprint density at radius 3 is 2.08 bits per heavy atom. The summed E-state index contributed by atoms with van der Waals surface area (Å²) < 4.78 is 28.2. The molecule has 4 aromatic rings. The van der Waals surface area contributed by atoms with Crippen molar-refractivity contribution < 1.29 is 27.8 Å². The highest BCUT2D eigenvalue weighted by atomic mass is 16.6. The molecule has 0 unspecified atom stereocenters. The van der Waals surface area contributed by atoms with E-state index in [1.54, 1.807) is 6.92 Å². The van der Waals surface area contributed by atoms with Crippen LogP contribution in [0.3, 0.4) is 0 Å². The molecule has 1 amide bonds. The quantitative estimate of drug-likeness (QED) is 0.261. The Bertz CT molecular complexity index is 1440. The minimum atomic E-state index is -0.385. The first-order chi connectivity index (χ1) is 18.9. The van der Waals surface area contributed by atoms with E-state index in [4.69, 9.17) is 23.0 Å². The van der Waals surface area contributed by atoms with Crippen molar-refractivity contribution in [1.29, 1.82) is 0 Å². The molecule has 10 heteroatoms. The molecule has 0 atom stereocenters. The van der Waals surface area contributed by atoms with E-state index >= 15 is 0 Å². The first-order valence-electron chi connectivity index (χ1n) is 13.3. The maximum Gasteiger partial charge on any atom is 0.407 e. The van der Waals surface area contributed by atoms with E-state index < -0.39 is 0 Å². The van der Waals surface area contributed by atoms with Crippen molar-refractivity contribution in [2.75, 3.05) is 0 Å². The van der Waals surface area contributed by atoms with Crippen molar-refractivity contribution in [2.24, 2.45) is 0 Å². The molecule has 1 fully saturated rings. The summed E-state index contributed by atoms with van der Waals surface area (Å²) in [4.78, 5) is 16.1. The fraction of sp³-hybridized carbons (Fsp3) is 0.400. The van der Waals surface area contributed by atoms with Gasteiger partial charge in [0.05, 0.1) is 6.20 Å². The van der Waals surface area contributed by atoms with Crippen LogP contribution >= 0.6 is 0 Å². The van der Waals surface area contributed by atoms with E-state index in [0.29, 0.717) is 30.2 Å². The summed E-state index contributed by atoms with van der Waals surface area (Å²) in [6, 6.07) is 15.9. The molecule has 10 nitrogen and oxygen atoms in total. The van der Waals surface area contributed by atoms with Gasteiger partial charge >= 0.3 is 12.2 Å². The highest BCUT2D eigenvalue weighted by Crippen LogP contribution is 2.35. The number of alkyl carbamates (subject to hydrolysis) is 1. The zero-order valence-corrected chi connectivity index (χ0v) is 23.6. The molecule has 1 aliphatic rings. The summed E-state index contributed by atoms with van der Waals surface area (Å²) in [6.45, 7) is 11.8. The summed E-state index contributed by atoms with van der Waals surface area (Å²) >= 11 is 0. The Kier molecular flexibility index (Phi) is 7.27. The van der Waals surface area contributed by atoms with Crippen LogP contribution in [0, 0.1) is 6.92 Å². The minimum Gasteiger partial charge on any atom is -0.490 e. The van der Waals surface area contributed by atoms with Gasteiger partial charge < -0.3 is 28.4 Å². The van der Waals surface area contributed by atoms with Gasteiger partial charge in [0.15, 0.2) is 0 Å². The number of hydrogen-bond acceptors (Lipinski definition) is 9. The third-order valence-electron chi connectivity index (χ3n) is 6.68. The van der Waals surface area contributed by atoms with Gasteiger partial charge in [-0.1, -0.05) is 38.1 Å². The second-order valence-corrected chi connectivity index (χ2v) is 11.5. The molecule has 0 saturated heterocycles. The minimum absolute atomic E-state index is 0.0368. The van der Waals surface area contributed by atoms with Crippen molar-refractivity contribution in [3.8, 4) is 29.2 Å². The fourth-order valence-corrected chi connectivity index (χ4v) is 4.35. The van der Waals surface area contributed by atoms with Gasteiger partial charge in [-0.05, 0) is 56.2 Å². The standard InChI is InChI=1S/C30H34N4O6/c1-18-33-34-26(36-18)25-17-31-28(40-25)39-22-13-9-20(10-14-22)30(5,6)19-7-11-21(12-8-19)37-23-15-24(16-23)38-27(35)32-29(2,3)4/h7-14,17,23-24H,15-16H2,1-6H3,(H,32,35). The molecule has 2 aromatic carbocycles. The highest BCUT2D eigenvalue weighted by molar-refractivity contribution is 5.68. The van der Waals surface area contributed by atoms with Gasteiger partial charge in [0, 0.05) is 30.7 Å². The number of carbonyl (C=O) groups excluding carboxylic acids is 1. The lowest BCUT2D eigenvalue weighted by Crippen LogP contribution is -2.46. The first kappa shape index (κ1) is 27.2. The van der Waals surface area contributed by atoms with Crippen LogP contribution in [0.5, 0.6) is 17.6 Å². The number of nitrogens with zero attached hydrogens (tertiary/aromatic N) is 3. The van der Waals surface area contributed by atoms with E-state index in [1.807, 2.05) is 57.2 Å². The summed E-state index contributed by atoms with van der Waals surface area (Å²) in [5.74, 6) is 2.42. The van der Waals surface area contributed by atoms with Crippen LogP contribution in [0.1, 0.15) is 64.5 Å². The molecule has 5 rings (SSSR count). The molecule has 2 aromatic heterocycles. The maximum atomic E-state index is 11.9. The summed E-state index contributed by atoms with van der Waals surface area (Å²) in [6.07, 6.45) is 2.48. The van der Waals surface area contributed by atoms with Gasteiger partial charge in [0.25, 0.3) is 5.89 Å². The number of hydrogen-bond donors (Lipinski definition) is 1. The number of ether oxygens (including phenoxy) is 3. The number of benzene rings is 2. The van der Waals surface area contributed by atoms with E-state index in [-0.39, 0.29) is 41.2 Å². The molecule has 0 spiro atoms. The lowest BCUT2D eigenvalue weighted by molar-refractivity contribution is -0.0243. The fourth-order valence-electron chi connectivity index (χ4n) is 4.35. The zero-order chi connectivity index (χ0) is 28.5. The van der Waals surface area contributed by atoms with Gasteiger partial charge in [-0.3, -0.25) is 0 Å². The van der Waals surface area contributed by atoms with Crippen LogP contribution < -0.4 is 14.8 Å². The Morgan fingerprint density at radius 1 is 0.875 bits per heavy atom. The number of rotatable bonds is 8. The summed E-state index contributed by atoms with van der Waals surface area (Å²) in [5.41, 5.74) is 1.70. The average molecular weight is 547 g/mol. The predicted octanol–water partition coefficient (Wildman–Crippen LogP) is 6.59. The molecule has 1 saturated carbocycles. The number of aryl methyl sites for hydroxylation is 1. The third-order valence-corrected chi connectivity index (χ3v) is 6.68. The molecule has 210 valence electrons. The smallest absolute Gasteiger partial charge is 0.407 e. The molecule has 40 heavy (non-hydrogen) atoms. The average Bonchev–Trinajstić information content (AvgIpc) is 3.51. The van der Waals surface area contributed by atoms with E-state index in [0.717, 1.165) is 16.9 Å². The normalized spacial score (nSPS) is 17.1. The summed E-state index contributed by atoms with van der Waals surface area (Å²) in [5, 5.41) is 10.5. The molecule has 0 aliphatic heterocycles. The molecule has 0 bridgehead atoms. The number of oxazole rings is 1. The third kappa shape index (κ3) is 6.44. The van der Waals surface area contributed by atoms with Crippen LogP contribution in [0.2, 0.25) is 0 Å². The number of aromatic nitrogens is 3. The van der Waals surface area contributed by atoms with Crippen LogP contribution in [0.25, 0.3) is 11.7 Å².